The van der Waals surface area contributed by atoms with Gasteiger partial charge in [-0.3, -0.25) is 9.59 Å². The van der Waals surface area contributed by atoms with Gasteiger partial charge in [0.05, 0.1) is 5.92 Å². The van der Waals surface area contributed by atoms with Gasteiger partial charge in [-0.15, -0.1) is 0 Å². The fraction of sp³-hybridized carbons (Fsp3) is 0.375. The van der Waals surface area contributed by atoms with Gasteiger partial charge in [-0.1, -0.05) is 87.4 Å². The van der Waals surface area contributed by atoms with Crippen LogP contribution in [0.25, 0.3) is 0 Å². The molecule has 0 bridgehead atoms. The van der Waals surface area contributed by atoms with Crippen molar-refractivity contribution >= 4 is 17.9 Å². The molecule has 1 fully saturated rings. The molecular formula is C24H28N2O4. The third-order valence-electron chi connectivity index (χ3n) is 5.46. The zero-order chi connectivity index (χ0) is 21.6. The van der Waals surface area contributed by atoms with Gasteiger partial charge in [0.15, 0.2) is 12.3 Å². The SMILES string of the molecule is CCCC(CCC)C(=O)OCN1C(=O)NC(c2ccccc2)(c2ccccc2)C1=O. The Hall–Kier alpha value is -3.15. The molecule has 1 aliphatic heterocycles. The second kappa shape index (κ2) is 9.57. The van der Waals surface area contributed by atoms with E-state index < -0.39 is 24.2 Å². The number of carbonyl (C=O) groups is 3. The topological polar surface area (TPSA) is 75.7 Å². The minimum absolute atomic E-state index is 0.214. The molecule has 0 unspecified atom stereocenters. The van der Waals surface area contributed by atoms with E-state index in [2.05, 4.69) is 5.32 Å². The third kappa shape index (κ3) is 4.08. The Balaban J connectivity index is 1.86. The summed E-state index contributed by atoms with van der Waals surface area (Å²) in [6.45, 7) is 3.64. The van der Waals surface area contributed by atoms with Gasteiger partial charge in [0.25, 0.3) is 5.91 Å². The highest BCUT2D eigenvalue weighted by atomic mass is 16.5. The number of rotatable bonds is 9. The van der Waals surface area contributed by atoms with E-state index in [1.165, 1.54) is 0 Å². The highest BCUT2D eigenvalue weighted by Gasteiger charge is 2.54. The van der Waals surface area contributed by atoms with Crippen molar-refractivity contribution < 1.29 is 19.1 Å². The Morgan fingerprint density at radius 3 is 1.90 bits per heavy atom. The van der Waals surface area contributed by atoms with Crippen molar-refractivity contribution in [3.63, 3.8) is 0 Å². The number of benzene rings is 2. The Bertz CT molecular complexity index is 837. The second-order valence-corrected chi connectivity index (χ2v) is 7.51. The molecule has 2 aromatic carbocycles. The van der Waals surface area contributed by atoms with E-state index in [4.69, 9.17) is 4.74 Å². The van der Waals surface area contributed by atoms with Gasteiger partial charge in [0.1, 0.15) is 0 Å². The van der Waals surface area contributed by atoms with Gasteiger partial charge in [0.2, 0.25) is 0 Å². The minimum atomic E-state index is -1.35. The number of amides is 3. The molecule has 30 heavy (non-hydrogen) atoms. The summed E-state index contributed by atoms with van der Waals surface area (Å²) in [7, 11) is 0. The largest absolute Gasteiger partial charge is 0.443 e. The summed E-state index contributed by atoms with van der Waals surface area (Å²) in [6.07, 6.45) is 3.19. The molecular weight excluding hydrogens is 380 g/mol. The van der Waals surface area contributed by atoms with E-state index in [0.717, 1.165) is 30.6 Å². The first kappa shape index (κ1) is 21.6. The highest BCUT2D eigenvalue weighted by Crippen LogP contribution is 2.36. The smallest absolute Gasteiger partial charge is 0.328 e. The van der Waals surface area contributed by atoms with Gasteiger partial charge in [0, 0.05) is 0 Å². The summed E-state index contributed by atoms with van der Waals surface area (Å²) in [4.78, 5) is 39.8. The number of nitrogens with one attached hydrogen (secondary N) is 1. The number of hydrogen-bond acceptors (Lipinski definition) is 4. The van der Waals surface area contributed by atoms with Crippen LogP contribution in [0.3, 0.4) is 0 Å². The van der Waals surface area contributed by atoms with Gasteiger partial charge in [-0.2, -0.15) is 0 Å². The zero-order valence-corrected chi connectivity index (χ0v) is 17.5. The quantitative estimate of drug-likeness (QED) is 0.498. The molecule has 1 aliphatic rings. The summed E-state index contributed by atoms with van der Waals surface area (Å²) in [6, 6.07) is 17.6. The van der Waals surface area contributed by atoms with E-state index in [9.17, 15) is 14.4 Å². The third-order valence-corrected chi connectivity index (χ3v) is 5.46. The van der Waals surface area contributed by atoms with E-state index >= 15 is 0 Å². The van der Waals surface area contributed by atoms with Crippen LogP contribution >= 0.6 is 0 Å². The summed E-state index contributed by atoms with van der Waals surface area (Å²) >= 11 is 0. The molecule has 0 spiro atoms. The van der Waals surface area contributed by atoms with Crippen LogP contribution in [0.2, 0.25) is 0 Å². The van der Waals surface area contributed by atoms with Gasteiger partial charge < -0.3 is 10.1 Å². The first-order valence-corrected chi connectivity index (χ1v) is 10.5. The normalized spacial score (nSPS) is 15.4. The van der Waals surface area contributed by atoms with Crippen LogP contribution in [0.5, 0.6) is 0 Å². The van der Waals surface area contributed by atoms with Crippen molar-refractivity contribution in [3.8, 4) is 0 Å². The maximum Gasteiger partial charge on any atom is 0.328 e. The molecule has 1 heterocycles. The van der Waals surface area contributed by atoms with Gasteiger partial charge in [-0.05, 0) is 24.0 Å². The number of hydrogen-bond donors (Lipinski definition) is 1. The number of esters is 1. The van der Waals surface area contributed by atoms with Crippen molar-refractivity contribution in [2.45, 2.75) is 45.1 Å². The van der Waals surface area contributed by atoms with Crippen molar-refractivity contribution in [3.05, 3.63) is 71.8 Å². The van der Waals surface area contributed by atoms with Crippen molar-refractivity contribution in [1.82, 2.24) is 10.2 Å². The van der Waals surface area contributed by atoms with Crippen molar-refractivity contribution in [2.75, 3.05) is 6.73 Å². The molecule has 6 heteroatoms. The molecule has 0 saturated carbocycles. The molecule has 6 nitrogen and oxygen atoms in total. The average molecular weight is 408 g/mol. The first-order valence-electron chi connectivity index (χ1n) is 10.5. The van der Waals surface area contributed by atoms with Gasteiger partial charge >= 0.3 is 12.0 Å². The van der Waals surface area contributed by atoms with E-state index in [0.29, 0.717) is 11.1 Å². The zero-order valence-electron chi connectivity index (χ0n) is 17.5. The molecule has 3 rings (SSSR count). The molecule has 0 aromatic heterocycles. The monoisotopic (exact) mass is 408 g/mol. The number of urea groups is 1. The fourth-order valence-electron chi connectivity index (χ4n) is 3.95. The Labute approximate surface area is 177 Å². The number of nitrogens with zero attached hydrogens (tertiary/aromatic N) is 1. The summed E-state index contributed by atoms with van der Waals surface area (Å²) < 4.78 is 5.40. The minimum Gasteiger partial charge on any atom is -0.443 e. The van der Waals surface area contributed by atoms with Crippen molar-refractivity contribution in [2.24, 2.45) is 5.92 Å². The number of imide groups is 1. The second-order valence-electron chi connectivity index (χ2n) is 7.51. The van der Waals surface area contributed by atoms with Crippen LogP contribution in [0.15, 0.2) is 60.7 Å². The van der Waals surface area contributed by atoms with Crippen LogP contribution in [-0.4, -0.2) is 29.5 Å². The van der Waals surface area contributed by atoms with Crippen LogP contribution in [0.1, 0.15) is 50.7 Å². The molecule has 0 radical (unpaired) electrons. The molecule has 1 N–H and O–H groups in total. The Morgan fingerprint density at radius 2 is 1.43 bits per heavy atom. The van der Waals surface area contributed by atoms with Crippen LogP contribution in [0.4, 0.5) is 4.79 Å². The van der Waals surface area contributed by atoms with Gasteiger partial charge in [-0.25, -0.2) is 9.69 Å². The number of carbonyl (C=O) groups excluding carboxylic acids is 3. The van der Waals surface area contributed by atoms with Crippen molar-refractivity contribution in [1.29, 1.82) is 0 Å². The molecule has 1 saturated heterocycles. The molecule has 3 amide bonds. The first-order chi connectivity index (χ1) is 14.5. The molecule has 0 aliphatic carbocycles. The molecule has 2 aromatic rings. The summed E-state index contributed by atoms with van der Waals surface area (Å²) in [5.74, 6) is -1.04. The average Bonchev–Trinajstić information content (AvgIpc) is 3.03. The lowest BCUT2D eigenvalue weighted by molar-refractivity contribution is -0.154. The van der Waals surface area contributed by atoms with E-state index in [1.807, 2.05) is 50.2 Å². The maximum absolute atomic E-state index is 13.5. The summed E-state index contributed by atoms with van der Waals surface area (Å²) in [5.41, 5.74) is -0.0467. The van der Waals surface area contributed by atoms with Crippen LogP contribution in [-0.2, 0) is 19.9 Å². The lowest BCUT2D eigenvalue weighted by Gasteiger charge is -2.28. The van der Waals surface area contributed by atoms with E-state index in [-0.39, 0.29) is 11.9 Å². The standard InChI is InChI=1S/C24H28N2O4/c1-3-11-18(12-4-2)21(27)30-17-26-22(28)24(25-23(26)29,19-13-7-5-8-14-19)20-15-9-6-10-16-20/h5-10,13-16,18H,3-4,11-12,17H2,1-2H3,(H,25,29). The van der Waals surface area contributed by atoms with E-state index in [1.54, 1.807) is 24.3 Å². The van der Waals surface area contributed by atoms with Crippen LogP contribution in [0, 0.1) is 5.92 Å². The Morgan fingerprint density at radius 1 is 0.933 bits per heavy atom. The predicted molar refractivity (Wildman–Crippen MR) is 113 cm³/mol. The Kier molecular flexibility index (Phi) is 6.87. The lowest BCUT2D eigenvalue weighted by atomic mass is 9.83. The number of ether oxygens (including phenoxy) is 1. The fourth-order valence-corrected chi connectivity index (χ4v) is 3.95. The summed E-state index contributed by atoms with van der Waals surface area (Å²) in [5, 5.41) is 2.85. The molecule has 0 atom stereocenters. The predicted octanol–water partition coefficient (Wildman–Crippen LogP) is 4.20. The lowest BCUT2D eigenvalue weighted by Crippen LogP contribution is -2.45. The van der Waals surface area contributed by atoms with Crippen LogP contribution < -0.4 is 5.32 Å². The maximum atomic E-state index is 13.5. The highest BCUT2D eigenvalue weighted by molar-refractivity contribution is 6.09. The molecule has 158 valence electrons.